The first-order valence-electron chi connectivity index (χ1n) is 7.20. The molecule has 3 unspecified atom stereocenters. The highest BCUT2D eigenvalue weighted by Crippen LogP contribution is 2.34. The summed E-state index contributed by atoms with van der Waals surface area (Å²) in [6.07, 6.45) is 4.77. The molecule has 0 aliphatic heterocycles. The van der Waals surface area contributed by atoms with Crippen molar-refractivity contribution in [1.29, 1.82) is 0 Å². The van der Waals surface area contributed by atoms with Crippen LogP contribution in [0.4, 0.5) is 0 Å². The molecule has 0 spiro atoms. The van der Waals surface area contributed by atoms with E-state index in [1.165, 1.54) is 0 Å². The van der Waals surface area contributed by atoms with Gasteiger partial charge < -0.3 is 5.73 Å². The van der Waals surface area contributed by atoms with Gasteiger partial charge in [0, 0.05) is 10.5 Å². The fourth-order valence-corrected chi connectivity index (χ4v) is 5.31. The van der Waals surface area contributed by atoms with E-state index in [1.54, 1.807) is 24.3 Å². The predicted molar refractivity (Wildman–Crippen MR) is 85.3 cm³/mol. The van der Waals surface area contributed by atoms with Crippen LogP contribution in [0.2, 0.25) is 0 Å². The molecular weight excluding hydrogens is 338 g/mol. The Kier molecular flexibility index (Phi) is 5.26. The summed E-state index contributed by atoms with van der Waals surface area (Å²) in [5, 5.41) is -0.436. The Labute approximate surface area is 130 Å². The van der Waals surface area contributed by atoms with Crippen molar-refractivity contribution in [3.8, 4) is 0 Å². The summed E-state index contributed by atoms with van der Waals surface area (Å²) in [4.78, 5) is 0.387. The minimum atomic E-state index is -3.33. The molecule has 2 N–H and O–H groups in total. The SMILES string of the molecule is CCCC1CCC(N)C(S(=O)(=O)c2ccc(Br)cc2)C1. The molecule has 112 valence electrons. The number of hydrogen-bond donors (Lipinski definition) is 1. The quantitative estimate of drug-likeness (QED) is 0.894. The van der Waals surface area contributed by atoms with Gasteiger partial charge in [-0.05, 0) is 49.4 Å². The van der Waals surface area contributed by atoms with Gasteiger partial charge in [0.2, 0.25) is 0 Å². The van der Waals surface area contributed by atoms with E-state index in [4.69, 9.17) is 5.73 Å². The molecule has 1 aliphatic rings. The Morgan fingerprint density at radius 2 is 1.90 bits per heavy atom. The Bertz CT molecular complexity index is 541. The molecule has 0 heterocycles. The number of halogens is 1. The second-order valence-electron chi connectivity index (χ2n) is 5.67. The molecule has 0 radical (unpaired) electrons. The van der Waals surface area contributed by atoms with Crippen LogP contribution in [0, 0.1) is 5.92 Å². The van der Waals surface area contributed by atoms with Gasteiger partial charge in [-0.25, -0.2) is 8.42 Å². The van der Waals surface area contributed by atoms with Crippen molar-refractivity contribution < 1.29 is 8.42 Å². The molecule has 1 aromatic rings. The van der Waals surface area contributed by atoms with Crippen LogP contribution in [0.1, 0.15) is 39.0 Å². The highest BCUT2D eigenvalue weighted by atomic mass is 79.9. The molecule has 3 nitrogen and oxygen atoms in total. The van der Waals surface area contributed by atoms with Crippen LogP contribution in [0.3, 0.4) is 0 Å². The maximum absolute atomic E-state index is 12.8. The van der Waals surface area contributed by atoms with Gasteiger partial charge in [0.15, 0.2) is 9.84 Å². The van der Waals surface area contributed by atoms with Gasteiger partial charge in [0.1, 0.15) is 0 Å². The smallest absolute Gasteiger partial charge is 0.182 e. The molecule has 1 aromatic carbocycles. The summed E-state index contributed by atoms with van der Waals surface area (Å²) in [7, 11) is -3.33. The van der Waals surface area contributed by atoms with Gasteiger partial charge in [-0.15, -0.1) is 0 Å². The lowest BCUT2D eigenvalue weighted by Crippen LogP contribution is -2.45. The summed E-state index contributed by atoms with van der Waals surface area (Å²) in [6, 6.07) is 6.62. The predicted octanol–water partition coefficient (Wildman–Crippen LogP) is 3.52. The molecule has 2 rings (SSSR count). The Balaban J connectivity index is 2.24. The molecule has 1 fully saturated rings. The Morgan fingerprint density at radius 3 is 2.50 bits per heavy atom. The van der Waals surface area contributed by atoms with Crippen LogP contribution < -0.4 is 5.73 Å². The van der Waals surface area contributed by atoms with Crippen LogP contribution in [-0.4, -0.2) is 19.7 Å². The topological polar surface area (TPSA) is 60.2 Å². The highest BCUT2D eigenvalue weighted by molar-refractivity contribution is 9.10. The second-order valence-corrected chi connectivity index (χ2v) is 8.75. The lowest BCUT2D eigenvalue weighted by molar-refractivity contribution is 0.309. The van der Waals surface area contributed by atoms with E-state index in [0.717, 1.165) is 30.2 Å². The van der Waals surface area contributed by atoms with Crippen molar-refractivity contribution in [2.24, 2.45) is 11.7 Å². The lowest BCUT2D eigenvalue weighted by Gasteiger charge is -2.33. The Hall–Kier alpha value is -0.390. The van der Waals surface area contributed by atoms with Crippen molar-refractivity contribution in [2.45, 2.75) is 55.2 Å². The first-order valence-corrected chi connectivity index (χ1v) is 9.54. The van der Waals surface area contributed by atoms with Crippen LogP contribution in [0.5, 0.6) is 0 Å². The molecule has 1 saturated carbocycles. The number of benzene rings is 1. The van der Waals surface area contributed by atoms with Crippen molar-refractivity contribution in [2.75, 3.05) is 0 Å². The highest BCUT2D eigenvalue weighted by Gasteiger charge is 2.37. The minimum Gasteiger partial charge on any atom is -0.327 e. The normalized spacial score (nSPS) is 27.4. The van der Waals surface area contributed by atoms with Crippen molar-refractivity contribution in [3.63, 3.8) is 0 Å². The number of rotatable bonds is 4. The average Bonchev–Trinajstić information content (AvgIpc) is 2.41. The third kappa shape index (κ3) is 3.43. The zero-order valence-corrected chi connectivity index (χ0v) is 14.2. The fourth-order valence-electron chi connectivity index (χ4n) is 3.06. The molecule has 1 aliphatic carbocycles. The molecule has 0 saturated heterocycles. The summed E-state index contributed by atoms with van der Waals surface area (Å²) >= 11 is 3.33. The Morgan fingerprint density at radius 1 is 1.25 bits per heavy atom. The van der Waals surface area contributed by atoms with Crippen molar-refractivity contribution >= 4 is 25.8 Å². The average molecular weight is 360 g/mol. The molecule has 5 heteroatoms. The third-order valence-corrected chi connectivity index (χ3v) is 6.99. The minimum absolute atomic E-state index is 0.239. The first kappa shape index (κ1) is 16.0. The fraction of sp³-hybridized carbons (Fsp3) is 0.600. The standard InChI is InChI=1S/C15H22BrNO2S/c1-2-3-11-4-9-14(17)15(10-11)20(18,19)13-7-5-12(16)6-8-13/h5-8,11,14-15H,2-4,9-10,17H2,1H3. The monoisotopic (exact) mass is 359 g/mol. The van der Waals surface area contributed by atoms with Crippen LogP contribution in [-0.2, 0) is 9.84 Å². The van der Waals surface area contributed by atoms with Gasteiger partial charge in [-0.1, -0.05) is 35.7 Å². The van der Waals surface area contributed by atoms with E-state index < -0.39 is 15.1 Å². The molecule has 3 atom stereocenters. The molecule has 0 bridgehead atoms. The summed E-state index contributed by atoms with van der Waals surface area (Å²) in [5.74, 6) is 0.495. The van der Waals surface area contributed by atoms with E-state index in [2.05, 4.69) is 22.9 Å². The van der Waals surface area contributed by atoms with Crippen LogP contribution in [0.15, 0.2) is 33.6 Å². The van der Waals surface area contributed by atoms with Gasteiger partial charge >= 0.3 is 0 Å². The maximum atomic E-state index is 12.8. The van der Waals surface area contributed by atoms with Gasteiger partial charge in [0.05, 0.1) is 10.1 Å². The summed E-state index contributed by atoms with van der Waals surface area (Å²) in [5.41, 5.74) is 6.10. The van der Waals surface area contributed by atoms with Crippen LogP contribution in [0.25, 0.3) is 0 Å². The second kappa shape index (κ2) is 6.58. The summed E-state index contributed by atoms with van der Waals surface area (Å²) < 4.78 is 26.4. The molecule has 0 amide bonds. The zero-order valence-electron chi connectivity index (χ0n) is 11.8. The maximum Gasteiger partial charge on any atom is 0.182 e. The first-order chi connectivity index (χ1) is 9.45. The molecular formula is C15H22BrNO2S. The van der Waals surface area contributed by atoms with Crippen molar-refractivity contribution in [1.82, 2.24) is 0 Å². The van der Waals surface area contributed by atoms with Gasteiger partial charge in [0.25, 0.3) is 0 Å². The van der Waals surface area contributed by atoms with Gasteiger partial charge in [-0.3, -0.25) is 0 Å². The number of nitrogens with two attached hydrogens (primary N) is 1. The summed E-state index contributed by atoms with van der Waals surface area (Å²) in [6.45, 7) is 2.15. The third-order valence-electron chi connectivity index (χ3n) is 4.19. The van der Waals surface area contributed by atoms with Gasteiger partial charge in [-0.2, -0.15) is 0 Å². The molecule has 20 heavy (non-hydrogen) atoms. The van der Waals surface area contributed by atoms with E-state index in [1.807, 2.05) is 0 Å². The largest absolute Gasteiger partial charge is 0.327 e. The molecule has 0 aromatic heterocycles. The van der Waals surface area contributed by atoms with E-state index in [0.29, 0.717) is 17.2 Å². The zero-order chi connectivity index (χ0) is 14.8. The number of hydrogen-bond acceptors (Lipinski definition) is 3. The van der Waals surface area contributed by atoms with Crippen molar-refractivity contribution in [3.05, 3.63) is 28.7 Å². The van der Waals surface area contributed by atoms with E-state index in [-0.39, 0.29) is 6.04 Å². The lowest BCUT2D eigenvalue weighted by atomic mass is 9.83. The number of sulfone groups is 1. The van der Waals surface area contributed by atoms with Crippen LogP contribution >= 0.6 is 15.9 Å². The van der Waals surface area contributed by atoms with E-state index >= 15 is 0 Å². The van der Waals surface area contributed by atoms with E-state index in [9.17, 15) is 8.42 Å².